The fourth-order valence-electron chi connectivity index (χ4n) is 2.26. The number of anilines is 1. The minimum absolute atomic E-state index is 0.188. The van der Waals surface area contributed by atoms with Crippen LogP contribution in [0.15, 0.2) is 18.3 Å². The molecule has 1 aromatic carbocycles. The maximum Gasteiger partial charge on any atom is 0.416 e. The molecule has 1 aromatic heterocycles. The molecule has 0 saturated carbocycles. The van der Waals surface area contributed by atoms with Crippen LogP contribution in [0.1, 0.15) is 11.3 Å². The highest BCUT2D eigenvalue weighted by Gasteiger charge is 2.34. The number of halogens is 5. The van der Waals surface area contributed by atoms with Gasteiger partial charge in [-0.15, -0.1) is 10.8 Å². The summed E-state index contributed by atoms with van der Waals surface area (Å²) >= 11 is 11.8. The fraction of sp³-hybridized carbons (Fsp3) is 0.231. The standard InChI is InChI=1S/C13H11Cl2F3N4O4S2/c1-27(23,24)22(28(2,25)26)11-6-21(20-10(11)5-19)12-8(14)3-7(4-9(12)15)13(16,17)18/h3-4,6,23-24H,1-2H3. The van der Waals surface area contributed by atoms with Gasteiger partial charge in [-0.05, 0) is 12.1 Å². The predicted octanol–water partition coefficient (Wildman–Crippen LogP) is 4.13. The van der Waals surface area contributed by atoms with Gasteiger partial charge in [0.05, 0.1) is 28.1 Å². The van der Waals surface area contributed by atoms with Gasteiger partial charge in [0.15, 0.2) is 5.69 Å². The lowest BCUT2D eigenvalue weighted by Crippen LogP contribution is -2.32. The quantitative estimate of drug-likeness (QED) is 0.681. The number of sulfonamides is 1. The molecule has 0 unspecified atom stereocenters. The Labute approximate surface area is 169 Å². The van der Waals surface area contributed by atoms with Crippen molar-refractivity contribution in [2.75, 3.05) is 16.2 Å². The molecule has 0 aliphatic rings. The van der Waals surface area contributed by atoms with Gasteiger partial charge in [0, 0.05) is 6.26 Å². The molecular weight excluding hydrogens is 468 g/mol. The van der Waals surface area contributed by atoms with E-state index >= 15 is 0 Å². The summed E-state index contributed by atoms with van der Waals surface area (Å²) in [6, 6.07) is 2.73. The molecule has 0 spiro atoms. The minimum Gasteiger partial charge on any atom is -0.281 e. The lowest BCUT2D eigenvalue weighted by Gasteiger charge is -2.38. The van der Waals surface area contributed by atoms with Crippen LogP contribution in [0, 0.1) is 11.3 Å². The van der Waals surface area contributed by atoms with E-state index in [1.54, 1.807) is 6.07 Å². The molecule has 0 bridgehead atoms. The van der Waals surface area contributed by atoms with Crippen molar-refractivity contribution in [3.8, 4) is 11.8 Å². The number of alkyl halides is 3. The Bertz CT molecular complexity index is 1050. The molecule has 2 aromatic rings. The lowest BCUT2D eigenvalue weighted by molar-refractivity contribution is -0.137. The molecule has 1 heterocycles. The first kappa shape index (κ1) is 22.6. The molecule has 0 aliphatic heterocycles. The molecule has 0 atom stereocenters. The topological polar surface area (TPSA) is 119 Å². The van der Waals surface area contributed by atoms with E-state index in [1.807, 2.05) is 0 Å². The molecule has 2 N–H and O–H groups in total. The van der Waals surface area contributed by atoms with Crippen molar-refractivity contribution in [1.29, 1.82) is 5.26 Å². The van der Waals surface area contributed by atoms with Gasteiger partial charge in [-0.1, -0.05) is 23.2 Å². The highest BCUT2D eigenvalue weighted by Crippen LogP contribution is 2.46. The second-order valence-corrected chi connectivity index (χ2v) is 10.3. The molecule has 2 rings (SSSR count). The summed E-state index contributed by atoms with van der Waals surface area (Å²) in [5.41, 5.74) is -2.46. The van der Waals surface area contributed by atoms with Crippen molar-refractivity contribution in [3.05, 3.63) is 39.6 Å². The van der Waals surface area contributed by atoms with Crippen molar-refractivity contribution < 1.29 is 30.7 Å². The Morgan fingerprint density at radius 2 is 1.71 bits per heavy atom. The largest absolute Gasteiger partial charge is 0.416 e. The van der Waals surface area contributed by atoms with Gasteiger partial charge in [-0.3, -0.25) is 9.11 Å². The smallest absolute Gasteiger partial charge is 0.281 e. The zero-order chi connectivity index (χ0) is 21.7. The number of nitriles is 1. The summed E-state index contributed by atoms with van der Waals surface area (Å²) in [5, 5.41) is 12.0. The van der Waals surface area contributed by atoms with Crippen LogP contribution in [0.3, 0.4) is 0 Å². The highest BCUT2D eigenvalue weighted by molar-refractivity contribution is 8.31. The van der Waals surface area contributed by atoms with Crippen LogP contribution < -0.4 is 3.71 Å². The summed E-state index contributed by atoms with van der Waals surface area (Å²) in [6.07, 6.45) is -2.35. The second kappa shape index (κ2) is 7.29. The van der Waals surface area contributed by atoms with Crippen LogP contribution in [-0.2, 0) is 16.2 Å². The third-order valence-corrected chi connectivity index (χ3v) is 7.05. The van der Waals surface area contributed by atoms with Crippen LogP contribution >= 0.6 is 34.0 Å². The number of rotatable bonds is 4. The van der Waals surface area contributed by atoms with E-state index in [0.29, 0.717) is 18.4 Å². The molecular formula is C13H11Cl2F3N4O4S2. The van der Waals surface area contributed by atoms with Crippen molar-refractivity contribution >= 4 is 49.7 Å². The number of aromatic nitrogens is 2. The van der Waals surface area contributed by atoms with Gasteiger partial charge in [0.1, 0.15) is 17.4 Å². The van der Waals surface area contributed by atoms with Crippen LogP contribution in [-0.4, -0.2) is 39.8 Å². The second-order valence-electron chi connectivity index (χ2n) is 5.49. The van der Waals surface area contributed by atoms with Crippen molar-refractivity contribution in [2.45, 2.75) is 6.18 Å². The number of nitrogens with zero attached hydrogens (tertiary/aromatic N) is 4. The molecule has 0 radical (unpaired) electrons. The summed E-state index contributed by atoms with van der Waals surface area (Å²) in [5.74, 6) is 0. The van der Waals surface area contributed by atoms with Gasteiger partial charge in [-0.2, -0.15) is 27.2 Å². The van der Waals surface area contributed by atoms with Gasteiger partial charge in [-0.25, -0.2) is 13.1 Å². The average Bonchev–Trinajstić information content (AvgIpc) is 2.85. The normalized spacial score (nSPS) is 13.3. The van der Waals surface area contributed by atoms with E-state index in [0.717, 1.165) is 17.1 Å². The molecule has 154 valence electrons. The Morgan fingerprint density at radius 1 is 1.21 bits per heavy atom. The molecule has 0 aliphatic carbocycles. The molecule has 28 heavy (non-hydrogen) atoms. The Balaban J connectivity index is 2.74. The molecule has 0 fully saturated rings. The van der Waals surface area contributed by atoms with Crippen molar-refractivity contribution in [2.24, 2.45) is 0 Å². The molecule has 8 nitrogen and oxygen atoms in total. The highest BCUT2D eigenvalue weighted by atomic mass is 35.5. The van der Waals surface area contributed by atoms with Gasteiger partial charge in [0.2, 0.25) is 10.0 Å². The first-order valence-corrected chi connectivity index (χ1v) is 11.4. The molecule has 15 heteroatoms. The van der Waals surface area contributed by atoms with E-state index in [9.17, 15) is 36.0 Å². The Hall–Kier alpha value is -1.69. The molecule has 0 amide bonds. The predicted molar refractivity (Wildman–Crippen MR) is 99.4 cm³/mol. The van der Waals surface area contributed by atoms with E-state index in [4.69, 9.17) is 23.2 Å². The van der Waals surface area contributed by atoms with E-state index in [1.165, 1.54) is 0 Å². The Kier molecular flexibility index (Phi) is 5.88. The zero-order valence-corrected chi connectivity index (χ0v) is 17.1. The third-order valence-electron chi connectivity index (χ3n) is 3.19. The lowest BCUT2D eigenvalue weighted by atomic mass is 10.2. The van der Waals surface area contributed by atoms with E-state index in [-0.39, 0.29) is 9.40 Å². The average molecular weight is 479 g/mol. The first-order valence-electron chi connectivity index (χ1n) is 6.87. The van der Waals surface area contributed by atoms with Crippen LogP contribution in [0.5, 0.6) is 0 Å². The van der Waals surface area contributed by atoms with Crippen LogP contribution in [0.2, 0.25) is 10.0 Å². The number of hydrogen-bond donors (Lipinski definition) is 2. The van der Waals surface area contributed by atoms with Gasteiger partial charge in [0.25, 0.3) is 0 Å². The summed E-state index contributed by atoms with van der Waals surface area (Å²) in [4.78, 5) is 0. The zero-order valence-electron chi connectivity index (χ0n) is 13.9. The van der Waals surface area contributed by atoms with Crippen LogP contribution in [0.4, 0.5) is 18.9 Å². The van der Waals surface area contributed by atoms with E-state index in [2.05, 4.69) is 5.10 Å². The Morgan fingerprint density at radius 3 is 2.07 bits per heavy atom. The van der Waals surface area contributed by atoms with Crippen LogP contribution in [0.25, 0.3) is 5.69 Å². The summed E-state index contributed by atoms with van der Waals surface area (Å²) < 4.78 is 83.3. The number of hydrogen-bond acceptors (Lipinski definition) is 6. The summed E-state index contributed by atoms with van der Waals surface area (Å²) in [7, 11) is -8.17. The number of benzene rings is 1. The maximum absolute atomic E-state index is 12.9. The van der Waals surface area contributed by atoms with E-state index < -0.39 is 54.0 Å². The minimum atomic E-state index is -4.72. The maximum atomic E-state index is 12.9. The molecule has 0 saturated heterocycles. The third kappa shape index (κ3) is 4.48. The van der Waals surface area contributed by atoms with Gasteiger partial charge < -0.3 is 0 Å². The summed E-state index contributed by atoms with van der Waals surface area (Å²) in [6.45, 7) is 0. The first-order chi connectivity index (χ1) is 12.6. The van der Waals surface area contributed by atoms with Crippen molar-refractivity contribution in [3.63, 3.8) is 0 Å². The monoisotopic (exact) mass is 478 g/mol. The van der Waals surface area contributed by atoms with Gasteiger partial charge >= 0.3 is 6.18 Å². The fourth-order valence-corrected chi connectivity index (χ4v) is 5.97. The van der Waals surface area contributed by atoms with Crippen molar-refractivity contribution in [1.82, 2.24) is 9.78 Å². The SMILES string of the molecule is CS(O)(O)N(c1cn(-c2c(Cl)cc(C(F)(F)F)cc2Cl)nc1C#N)S(C)(=O)=O.